The summed E-state index contributed by atoms with van der Waals surface area (Å²) in [6.45, 7) is 4.94. The van der Waals surface area contributed by atoms with Crippen LogP contribution in [0.15, 0.2) is 30.3 Å². The molecule has 1 atom stereocenters. The quantitative estimate of drug-likeness (QED) is 0.467. The maximum atomic E-state index is 12.1. The molecule has 0 spiro atoms. The molecule has 1 aromatic rings. The molecule has 152 valence electrons. The zero-order valence-corrected chi connectivity index (χ0v) is 16.3. The van der Waals surface area contributed by atoms with Crippen LogP contribution in [0.2, 0.25) is 0 Å². The third-order valence-electron chi connectivity index (χ3n) is 4.50. The monoisotopic (exact) mass is 380 g/mol. The highest BCUT2D eigenvalue weighted by Gasteiger charge is 2.26. The van der Waals surface area contributed by atoms with E-state index < -0.39 is 12.6 Å². The van der Waals surface area contributed by atoms with Crippen LogP contribution in [0, 0.1) is 5.92 Å². The summed E-state index contributed by atoms with van der Waals surface area (Å²) in [4.78, 5) is 12.1. The van der Waals surface area contributed by atoms with Crippen LogP contribution in [0.1, 0.15) is 57.8 Å². The Kier molecular flexibility index (Phi) is 9.77. The van der Waals surface area contributed by atoms with Gasteiger partial charge in [-0.05, 0) is 12.8 Å². The summed E-state index contributed by atoms with van der Waals surface area (Å²) in [6.07, 6.45) is 2.06. The predicted octanol–water partition coefficient (Wildman–Crippen LogP) is 3.59. The summed E-state index contributed by atoms with van der Waals surface area (Å²) < 4.78 is 22.2. The van der Waals surface area contributed by atoms with Gasteiger partial charge < -0.3 is 24.1 Å². The van der Waals surface area contributed by atoms with Crippen LogP contribution < -0.4 is 0 Å². The smallest absolute Gasteiger partial charge is 0.308 e. The Hall–Kier alpha value is -1.47. The van der Waals surface area contributed by atoms with E-state index in [1.165, 1.54) is 0 Å². The molecule has 27 heavy (non-hydrogen) atoms. The van der Waals surface area contributed by atoms with Crippen molar-refractivity contribution in [2.75, 3.05) is 19.8 Å². The van der Waals surface area contributed by atoms with E-state index in [1.807, 2.05) is 30.3 Å². The number of ether oxygens (including phenoxy) is 4. The van der Waals surface area contributed by atoms with Crippen LogP contribution in [-0.4, -0.2) is 43.3 Å². The van der Waals surface area contributed by atoms with Crippen molar-refractivity contribution in [3.63, 3.8) is 0 Å². The molecule has 1 aromatic carbocycles. The summed E-state index contributed by atoms with van der Waals surface area (Å²) in [5.74, 6) is -0.228. The molecule has 0 saturated carbocycles. The number of hydrogen-bond donors (Lipinski definition) is 1. The van der Waals surface area contributed by atoms with E-state index in [9.17, 15) is 9.90 Å². The largest absolute Gasteiger partial charge is 0.465 e. The highest BCUT2D eigenvalue weighted by atomic mass is 16.7. The number of aliphatic hydroxyl groups is 1. The van der Waals surface area contributed by atoms with Gasteiger partial charge in [-0.1, -0.05) is 57.0 Å². The van der Waals surface area contributed by atoms with Gasteiger partial charge in [0.1, 0.15) is 6.10 Å². The number of carbonyl (C=O) groups is 1. The highest BCUT2D eigenvalue weighted by Crippen LogP contribution is 2.24. The first-order valence-corrected chi connectivity index (χ1v) is 9.92. The lowest BCUT2D eigenvalue weighted by Gasteiger charge is -2.30. The third kappa shape index (κ3) is 7.58. The lowest BCUT2D eigenvalue weighted by atomic mass is 9.99. The molecule has 0 aliphatic carbocycles. The third-order valence-corrected chi connectivity index (χ3v) is 4.50. The van der Waals surface area contributed by atoms with Crippen molar-refractivity contribution < 1.29 is 28.8 Å². The van der Waals surface area contributed by atoms with E-state index in [0.29, 0.717) is 13.2 Å². The molecular formula is C21H32O6. The van der Waals surface area contributed by atoms with Crippen molar-refractivity contribution in [1.29, 1.82) is 0 Å². The Morgan fingerprint density at radius 3 is 2.33 bits per heavy atom. The minimum absolute atomic E-state index is 0.0480. The van der Waals surface area contributed by atoms with Gasteiger partial charge in [-0.3, -0.25) is 4.79 Å². The van der Waals surface area contributed by atoms with Gasteiger partial charge >= 0.3 is 5.97 Å². The Labute approximate surface area is 161 Å². The molecule has 0 bridgehead atoms. The highest BCUT2D eigenvalue weighted by molar-refractivity contribution is 5.72. The molecule has 1 saturated heterocycles. The summed E-state index contributed by atoms with van der Waals surface area (Å²) >= 11 is 0. The zero-order chi connectivity index (χ0) is 19.5. The number of benzene rings is 1. The van der Waals surface area contributed by atoms with Crippen molar-refractivity contribution in [2.45, 2.75) is 64.6 Å². The summed E-state index contributed by atoms with van der Waals surface area (Å²) in [5, 5.41) is 10.0. The molecule has 2 rings (SSSR count). The molecule has 6 nitrogen and oxygen atoms in total. The lowest BCUT2D eigenvalue weighted by Crippen LogP contribution is -2.36. The Morgan fingerprint density at radius 1 is 1.11 bits per heavy atom. The SMILES string of the molecule is CCCC(CCC)C(=O)OCCC(O)OC1COC(c2ccccc2)OC1. The van der Waals surface area contributed by atoms with Gasteiger partial charge in [0, 0.05) is 12.0 Å². The van der Waals surface area contributed by atoms with Crippen LogP contribution in [-0.2, 0) is 23.7 Å². The fourth-order valence-corrected chi connectivity index (χ4v) is 3.11. The molecular weight excluding hydrogens is 348 g/mol. The molecule has 0 radical (unpaired) electrons. The Balaban J connectivity index is 1.63. The zero-order valence-electron chi connectivity index (χ0n) is 16.3. The molecule has 1 aliphatic rings. The van der Waals surface area contributed by atoms with Crippen LogP contribution in [0.3, 0.4) is 0 Å². The van der Waals surface area contributed by atoms with Gasteiger partial charge in [-0.25, -0.2) is 0 Å². The van der Waals surface area contributed by atoms with Crippen molar-refractivity contribution in [3.8, 4) is 0 Å². The van der Waals surface area contributed by atoms with E-state index in [-0.39, 0.29) is 31.0 Å². The predicted molar refractivity (Wildman–Crippen MR) is 101 cm³/mol. The maximum Gasteiger partial charge on any atom is 0.308 e. The molecule has 0 aromatic heterocycles. The minimum Gasteiger partial charge on any atom is -0.465 e. The van der Waals surface area contributed by atoms with Crippen LogP contribution in [0.25, 0.3) is 0 Å². The summed E-state index contributed by atoms with van der Waals surface area (Å²) in [6, 6.07) is 9.69. The van der Waals surface area contributed by atoms with Crippen LogP contribution in [0.4, 0.5) is 0 Å². The van der Waals surface area contributed by atoms with Gasteiger partial charge in [0.05, 0.1) is 25.7 Å². The average Bonchev–Trinajstić information content (AvgIpc) is 2.69. The molecule has 6 heteroatoms. The molecule has 1 heterocycles. The second kappa shape index (κ2) is 12.1. The van der Waals surface area contributed by atoms with E-state index in [4.69, 9.17) is 18.9 Å². The molecule has 1 fully saturated rings. The van der Waals surface area contributed by atoms with Gasteiger partial charge in [0.2, 0.25) is 0 Å². The first kappa shape index (κ1) is 21.8. The molecule has 0 amide bonds. The molecule has 1 N–H and O–H groups in total. The van der Waals surface area contributed by atoms with Crippen LogP contribution in [0.5, 0.6) is 0 Å². The number of aliphatic hydroxyl groups excluding tert-OH is 1. The molecule has 1 unspecified atom stereocenters. The Morgan fingerprint density at radius 2 is 1.74 bits per heavy atom. The second-order valence-corrected chi connectivity index (χ2v) is 6.85. The van der Waals surface area contributed by atoms with Gasteiger partial charge in [0.25, 0.3) is 0 Å². The normalized spacial score (nSPS) is 21.2. The summed E-state index contributed by atoms with van der Waals surface area (Å²) in [7, 11) is 0. The number of hydrogen-bond acceptors (Lipinski definition) is 6. The topological polar surface area (TPSA) is 74.2 Å². The van der Waals surface area contributed by atoms with E-state index in [0.717, 1.165) is 31.2 Å². The van der Waals surface area contributed by atoms with Gasteiger partial charge in [0.15, 0.2) is 12.6 Å². The van der Waals surface area contributed by atoms with Crippen molar-refractivity contribution in [2.24, 2.45) is 5.92 Å². The van der Waals surface area contributed by atoms with Gasteiger partial charge in [-0.2, -0.15) is 0 Å². The van der Waals surface area contributed by atoms with Crippen molar-refractivity contribution >= 4 is 5.97 Å². The maximum absolute atomic E-state index is 12.1. The fourth-order valence-electron chi connectivity index (χ4n) is 3.11. The first-order chi connectivity index (χ1) is 13.1. The number of carbonyl (C=O) groups excluding carboxylic acids is 1. The van der Waals surface area contributed by atoms with Gasteiger partial charge in [-0.15, -0.1) is 0 Å². The van der Waals surface area contributed by atoms with Crippen molar-refractivity contribution in [3.05, 3.63) is 35.9 Å². The van der Waals surface area contributed by atoms with Crippen LogP contribution >= 0.6 is 0 Å². The van der Waals surface area contributed by atoms with E-state index >= 15 is 0 Å². The molecule has 1 aliphatic heterocycles. The standard InChI is InChI=1S/C21H32O6/c1-3-8-16(9-4-2)20(23)24-13-12-19(22)27-18-14-25-21(26-15-18)17-10-6-5-7-11-17/h5-7,10-11,16,18-19,21-22H,3-4,8-9,12-15H2,1-2H3. The average molecular weight is 380 g/mol. The van der Waals surface area contributed by atoms with Crippen molar-refractivity contribution in [1.82, 2.24) is 0 Å². The summed E-state index contributed by atoms with van der Waals surface area (Å²) in [5.41, 5.74) is 0.956. The van der Waals surface area contributed by atoms with E-state index in [1.54, 1.807) is 0 Å². The van der Waals surface area contributed by atoms with E-state index in [2.05, 4.69) is 13.8 Å². The first-order valence-electron chi connectivity index (χ1n) is 9.92. The minimum atomic E-state index is -1.01. The number of esters is 1. The second-order valence-electron chi connectivity index (χ2n) is 6.85. The lowest BCUT2D eigenvalue weighted by molar-refractivity contribution is -0.260. The fraction of sp³-hybridized carbons (Fsp3) is 0.667. The number of rotatable bonds is 11. The Bertz CT molecular complexity index is 521.